The molecule has 0 aliphatic heterocycles. The first-order valence-corrected chi connectivity index (χ1v) is 6.61. The van der Waals surface area contributed by atoms with Crippen molar-refractivity contribution in [2.24, 2.45) is 5.41 Å². The number of rotatable bonds is 3. The van der Waals surface area contributed by atoms with Crippen molar-refractivity contribution in [1.82, 2.24) is 9.55 Å². The Balaban J connectivity index is 1.87. The molecule has 19 heavy (non-hydrogen) atoms. The molecule has 0 saturated heterocycles. The third-order valence-electron chi connectivity index (χ3n) is 4.23. The molecule has 0 radical (unpaired) electrons. The summed E-state index contributed by atoms with van der Waals surface area (Å²) in [6.07, 6.45) is 6.08. The fourth-order valence-electron chi connectivity index (χ4n) is 2.56. The second-order valence-corrected chi connectivity index (χ2v) is 5.76. The Kier molecular flexibility index (Phi) is 2.82. The minimum Gasteiger partial charge on any atom is -0.392 e. The summed E-state index contributed by atoms with van der Waals surface area (Å²) in [5.41, 5.74) is 2.07. The summed E-state index contributed by atoms with van der Waals surface area (Å²) in [4.78, 5) is 4.09. The van der Waals surface area contributed by atoms with Crippen molar-refractivity contribution < 1.29 is 5.11 Å². The van der Waals surface area contributed by atoms with Gasteiger partial charge in [0, 0.05) is 23.9 Å². The molecule has 1 aromatic heterocycles. The number of aromatic nitrogens is 2. The van der Waals surface area contributed by atoms with E-state index in [1.54, 1.807) is 12.5 Å². The molecule has 4 nitrogen and oxygen atoms in total. The standard InChI is InChI=1S/C15H19N3O/c1-15(2)13(9-14(15)19)17-11-5-3-4-6-12(11)18-8-7-16-10-18/h3-8,10,13-14,17,19H,9H2,1-2H3. The Bertz CT molecular complexity index is 563. The molecule has 1 fully saturated rings. The van der Waals surface area contributed by atoms with Crippen LogP contribution in [0.3, 0.4) is 0 Å². The first kappa shape index (κ1) is 12.2. The third-order valence-corrected chi connectivity index (χ3v) is 4.23. The van der Waals surface area contributed by atoms with Crippen molar-refractivity contribution in [2.45, 2.75) is 32.4 Å². The number of imidazole rings is 1. The normalized spacial score (nSPS) is 24.8. The van der Waals surface area contributed by atoms with Gasteiger partial charge in [-0.3, -0.25) is 0 Å². The summed E-state index contributed by atoms with van der Waals surface area (Å²) in [5, 5.41) is 13.4. The highest BCUT2D eigenvalue weighted by molar-refractivity contribution is 5.62. The van der Waals surface area contributed by atoms with Gasteiger partial charge in [0.2, 0.25) is 0 Å². The smallest absolute Gasteiger partial charge is 0.0992 e. The SMILES string of the molecule is CC1(C)C(O)CC1Nc1ccccc1-n1ccnc1. The third kappa shape index (κ3) is 2.02. The van der Waals surface area contributed by atoms with Crippen LogP contribution in [-0.2, 0) is 0 Å². The highest BCUT2D eigenvalue weighted by Crippen LogP contribution is 2.42. The van der Waals surface area contributed by atoms with E-state index in [9.17, 15) is 5.11 Å². The molecule has 2 atom stereocenters. The van der Waals surface area contributed by atoms with Crippen molar-refractivity contribution in [2.75, 3.05) is 5.32 Å². The fourth-order valence-corrected chi connectivity index (χ4v) is 2.56. The lowest BCUT2D eigenvalue weighted by Gasteiger charge is -2.50. The van der Waals surface area contributed by atoms with E-state index in [2.05, 4.69) is 36.3 Å². The van der Waals surface area contributed by atoms with Crippen LogP contribution < -0.4 is 5.32 Å². The molecular weight excluding hydrogens is 238 g/mol. The number of benzene rings is 1. The van der Waals surface area contributed by atoms with Crippen molar-refractivity contribution in [3.63, 3.8) is 0 Å². The zero-order chi connectivity index (χ0) is 13.5. The van der Waals surface area contributed by atoms with Gasteiger partial charge in [-0.25, -0.2) is 4.98 Å². The van der Waals surface area contributed by atoms with Crippen LogP contribution in [0.15, 0.2) is 43.0 Å². The van der Waals surface area contributed by atoms with Gasteiger partial charge in [-0.15, -0.1) is 0 Å². The van der Waals surface area contributed by atoms with Gasteiger partial charge in [-0.1, -0.05) is 26.0 Å². The van der Waals surface area contributed by atoms with Gasteiger partial charge in [0.25, 0.3) is 0 Å². The van der Waals surface area contributed by atoms with E-state index in [1.165, 1.54) is 0 Å². The molecule has 2 aromatic rings. The van der Waals surface area contributed by atoms with Gasteiger partial charge < -0.3 is 15.0 Å². The summed E-state index contributed by atoms with van der Waals surface area (Å²) < 4.78 is 1.99. The Morgan fingerprint density at radius 2 is 2.16 bits per heavy atom. The molecule has 1 heterocycles. The molecule has 1 saturated carbocycles. The van der Waals surface area contributed by atoms with Crippen LogP contribution in [0, 0.1) is 5.41 Å². The number of aliphatic hydroxyl groups excluding tert-OH is 1. The average molecular weight is 257 g/mol. The van der Waals surface area contributed by atoms with Crippen LogP contribution >= 0.6 is 0 Å². The lowest BCUT2D eigenvalue weighted by atomic mass is 9.64. The summed E-state index contributed by atoms with van der Waals surface area (Å²) in [5.74, 6) is 0. The highest BCUT2D eigenvalue weighted by Gasteiger charge is 2.47. The van der Waals surface area contributed by atoms with Crippen molar-refractivity contribution in [3.05, 3.63) is 43.0 Å². The minimum absolute atomic E-state index is 0.0813. The van der Waals surface area contributed by atoms with Crippen molar-refractivity contribution >= 4 is 5.69 Å². The summed E-state index contributed by atoms with van der Waals surface area (Å²) >= 11 is 0. The largest absolute Gasteiger partial charge is 0.392 e. The molecule has 0 amide bonds. The fraction of sp³-hybridized carbons (Fsp3) is 0.400. The Labute approximate surface area is 113 Å². The van der Waals surface area contributed by atoms with Crippen LogP contribution in [0.25, 0.3) is 5.69 Å². The Hall–Kier alpha value is -1.81. The minimum atomic E-state index is -0.217. The predicted octanol–water partition coefficient (Wildman–Crippen LogP) is 2.44. The van der Waals surface area contributed by atoms with Gasteiger partial charge in [0.05, 0.1) is 23.8 Å². The molecule has 3 rings (SSSR count). The lowest BCUT2D eigenvalue weighted by molar-refractivity contribution is -0.0510. The zero-order valence-corrected chi connectivity index (χ0v) is 11.2. The second kappa shape index (κ2) is 4.38. The number of hydrogen-bond donors (Lipinski definition) is 2. The first-order valence-electron chi connectivity index (χ1n) is 6.61. The topological polar surface area (TPSA) is 50.1 Å². The molecule has 1 aliphatic rings. The van der Waals surface area contributed by atoms with Gasteiger partial charge >= 0.3 is 0 Å². The average Bonchev–Trinajstić information content (AvgIpc) is 2.93. The predicted molar refractivity (Wildman–Crippen MR) is 75.4 cm³/mol. The Morgan fingerprint density at radius 3 is 2.79 bits per heavy atom. The van der Waals surface area contributed by atoms with Crippen LogP contribution in [0.5, 0.6) is 0 Å². The maximum absolute atomic E-state index is 9.82. The van der Waals surface area contributed by atoms with Crippen LogP contribution in [0.2, 0.25) is 0 Å². The summed E-state index contributed by atoms with van der Waals surface area (Å²) in [6, 6.07) is 8.46. The molecule has 0 bridgehead atoms. The molecule has 2 N–H and O–H groups in total. The van der Waals surface area contributed by atoms with Crippen LogP contribution in [-0.4, -0.2) is 26.8 Å². The van der Waals surface area contributed by atoms with Gasteiger partial charge in [-0.05, 0) is 18.6 Å². The molecule has 1 aliphatic carbocycles. The molecule has 100 valence electrons. The van der Waals surface area contributed by atoms with Crippen molar-refractivity contribution in [3.8, 4) is 5.69 Å². The maximum atomic E-state index is 9.82. The van der Waals surface area contributed by atoms with E-state index in [1.807, 2.05) is 22.9 Å². The lowest BCUT2D eigenvalue weighted by Crippen LogP contribution is -2.57. The van der Waals surface area contributed by atoms with Gasteiger partial charge in [0.15, 0.2) is 0 Å². The molecular formula is C15H19N3O. The van der Waals surface area contributed by atoms with E-state index in [0.29, 0.717) is 6.04 Å². The molecule has 0 spiro atoms. The van der Waals surface area contributed by atoms with E-state index >= 15 is 0 Å². The van der Waals surface area contributed by atoms with Gasteiger partial charge in [0.1, 0.15) is 0 Å². The van der Waals surface area contributed by atoms with Crippen LogP contribution in [0.4, 0.5) is 5.69 Å². The zero-order valence-electron chi connectivity index (χ0n) is 11.2. The van der Waals surface area contributed by atoms with Crippen molar-refractivity contribution in [1.29, 1.82) is 0 Å². The second-order valence-electron chi connectivity index (χ2n) is 5.76. The Morgan fingerprint density at radius 1 is 1.37 bits per heavy atom. The summed E-state index contributed by atoms with van der Waals surface area (Å²) in [7, 11) is 0. The molecule has 2 unspecified atom stereocenters. The number of anilines is 1. The van der Waals surface area contributed by atoms with Gasteiger partial charge in [-0.2, -0.15) is 0 Å². The number of nitrogens with zero attached hydrogens (tertiary/aromatic N) is 2. The number of para-hydroxylation sites is 2. The molecule has 4 heteroatoms. The van der Waals surface area contributed by atoms with E-state index in [0.717, 1.165) is 17.8 Å². The van der Waals surface area contributed by atoms with Crippen LogP contribution in [0.1, 0.15) is 20.3 Å². The number of nitrogens with one attached hydrogen (secondary N) is 1. The van der Waals surface area contributed by atoms with E-state index in [-0.39, 0.29) is 11.5 Å². The quantitative estimate of drug-likeness (QED) is 0.888. The number of hydrogen-bond acceptors (Lipinski definition) is 3. The maximum Gasteiger partial charge on any atom is 0.0992 e. The first-order chi connectivity index (χ1) is 9.09. The molecule has 1 aromatic carbocycles. The monoisotopic (exact) mass is 257 g/mol. The summed E-state index contributed by atoms with van der Waals surface area (Å²) in [6.45, 7) is 4.19. The van der Waals surface area contributed by atoms with E-state index in [4.69, 9.17) is 0 Å². The highest BCUT2D eigenvalue weighted by atomic mass is 16.3. The van der Waals surface area contributed by atoms with E-state index < -0.39 is 0 Å². The number of aliphatic hydroxyl groups is 1.